The molecule has 4 aromatic rings. The molecule has 2 aliphatic rings. The maximum absolute atomic E-state index is 13.5. The van der Waals surface area contributed by atoms with Gasteiger partial charge in [0.05, 0.1) is 30.9 Å². The number of benzene rings is 4. The normalized spacial score (nSPS) is 23.5. The number of fused-ring (bicyclic) bond motifs is 1. The first-order valence-electron chi connectivity index (χ1n) is 16.2. The lowest BCUT2D eigenvalue weighted by atomic mass is 10.0. The van der Waals surface area contributed by atoms with Gasteiger partial charge in [-0.05, 0) is 52.9 Å². The average molecular weight is 620 g/mol. The number of hydrogen-bond acceptors (Lipinski definition) is 5. The zero-order valence-electron chi connectivity index (χ0n) is 26.8. The van der Waals surface area contributed by atoms with Gasteiger partial charge in [-0.1, -0.05) is 130 Å². The van der Waals surface area contributed by atoms with Crippen LogP contribution in [0.25, 0.3) is 0 Å². The number of nitrogens with zero attached hydrogens (tertiary/aromatic N) is 1. The predicted octanol–water partition coefficient (Wildman–Crippen LogP) is 6.61. The second-order valence-electron chi connectivity index (χ2n) is 13.5. The lowest BCUT2D eigenvalue weighted by Crippen LogP contribution is -2.67. The average Bonchev–Trinajstić information content (AvgIpc) is 3.58. The van der Waals surface area contributed by atoms with E-state index in [1.165, 1.54) is 10.4 Å². The fraction of sp³-hybridized carbons (Fsp3) is 0.359. The molecule has 2 fully saturated rings. The van der Waals surface area contributed by atoms with Gasteiger partial charge in [-0.3, -0.25) is 4.90 Å². The molecule has 0 unspecified atom stereocenters. The molecule has 0 bridgehead atoms. The fourth-order valence-electron chi connectivity index (χ4n) is 7.59. The lowest BCUT2D eigenvalue weighted by Gasteiger charge is -2.44. The van der Waals surface area contributed by atoms with E-state index in [2.05, 4.69) is 105 Å². The van der Waals surface area contributed by atoms with Crippen molar-refractivity contribution in [3.63, 3.8) is 0 Å². The Morgan fingerprint density at radius 3 is 1.84 bits per heavy atom. The summed E-state index contributed by atoms with van der Waals surface area (Å²) in [5.74, 6) is -0.304. The molecular formula is C39H45NO4Si. The third kappa shape index (κ3) is 6.30. The maximum atomic E-state index is 13.5. The van der Waals surface area contributed by atoms with Gasteiger partial charge in [0.25, 0.3) is 8.32 Å². The van der Waals surface area contributed by atoms with Gasteiger partial charge >= 0.3 is 5.97 Å². The minimum absolute atomic E-state index is 0.0705. The summed E-state index contributed by atoms with van der Waals surface area (Å²) in [7, 11) is -2.80. The number of esters is 1. The van der Waals surface area contributed by atoms with Crippen molar-refractivity contribution in [3.05, 3.63) is 132 Å². The zero-order valence-corrected chi connectivity index (χ0v) is 27.8. The van der Waals surface area contributed by atoms with E-state index in [1.807, 2.05) is 48.5 Å². The van der Waals surface area contributed by atoms with Crippen LogP contribution >= 0.6 is 0 Å². The number of carbonyl (C=O) groups excluding carboxylic acids is 1. The third-order valence-corrected chi connectivity index (χ3v) is 14.7. The van der Waals surface area contributed by atoms with Gasteiger partial charge in [-0.15, -0.1) is 0 Å². The van der Waals surface area contributed by atoms with Crippen molar-refractivity contribution in [1.29, 1.82) is 0 Å². The molecule has 2 heterocycles. The van der Waals surface area contributed by atoms with Crippen molar-refractivity contribution < 1.29 is 18.7 Å². The lowest BCUT2D eigenvalue weighted by molar-refractivity contribution is -0.0607. The minimum Gasteiger partial charge on any atom is -0.454 e. The van der Waals surface area contributed by atoms with E-state index in [0.29, 0.717) is 24.8 Å². The van der Waals surface area contributed by atoms with Gasteiger partial charge < -0.3 is 13.9 Å². The Hall–Kier alpha value is -3.55. The second-order valence-corrected chi connectivity index (χ2v) is 17.8. The van der Waals surface area contributed by atoms with Crippen LogP contribution in [0.2, 0.25) is 5.04 Å². The molecule has 0 aromatic heterocycles. The predicted molar refractivity (Wildman–Crippen MR) is 182 cm³/mol. The Bertz CT molecular complexity index is 1490. The van der Waals surface area contributed by atoms with Crippen LogP contribution in [0.15, 0.2) is 121 Å². The molecule has 5 nitrogen and oxygen atoms in total. The van der Waals surface area contributed by atoms with Crippen LogP contribution in [-0.2, 0) is 20.5 Å². The summed E-state index contributed by atoms with van der Waals surface area (Å²) in [6, 6.07) is 41.4. The van der Waals surface area contributed by atoms with Crippen LogP contribution in [-0.4, -0.2) is 56.1 Å². The van der Waals surface area contributed by atoms with Crippen LogP contribution in [0, 0.1) is 0 Å². The molecule has 5 atom stereocenters. The van der Waals surface area contributed by atoms with Crippen molar-refractivity contribution in [2.24, 2.45) is 0 Å². The Labute approximate surface area is 269 Å². The molecule has 45 heavy (non-hydrogen) atoms. The molecule has 2 aliphatic heterocycles. The Balaban J connectivity index is 1.38. The van der Waals surface area contributed by atoms with E-state index in [9.17, 15) is 4.79 Å². The summed E-state index contributed by atoms with van der Waals surface area (Å²) in [5, 5.41) is 2.35. The van der Waals surface area contributed by atoms with Crippen molar-refractivity contribution >= 4 is 24.7 Å². The highest BCUT2D eigenvalue weighted by molar-refractivity contribution is 6.99. The quantitative estimate of drug-likeness (QED) is 0.148. The van der Waals surface area contributed by atoms with Crippen LogP contribution < -0.4 is 10.4 Å². The van der Waals surface area contributed by atoms with E-state index < -0.39 is 14.4 Å². The molecule has 234 valence electrons. The molecule has 0 radical (unpaired) electrons. The first-order chi connectivity index (χ1) is 21.8. The second kappa shape index (κ2) is 13.4. The molecule has 0 saturated carbocycles. The molecule has 4 aromatic carbocycles. The number of hydrogen-bond donors (Lipinski definition) is 0. The van der Waals surface area contributed by atoms with Gasteiger partial charge in [0, 0.05) is 6.04 Å². The Morgan fingerprint density at radius 2 is 1.29 bits per heavy atom. The van der Waals surface area contributed by atoms with Crippen LogP contribution in [0.5, 0.6) is 0 Å². The summed E-state index contributed by atoms with van der Waals surface area (Å²) in [6.07, 6.45) is 1.25. The van der Waals surface area contributed by atoms with E-state index in [1.54, 1.807) is 0 Å². The summed E-state index contributed by atoms with van der Waals surface area (Å²) in [4.78, 5) is 16.0. The Morgan fingerprint density at radius 1 is 0.756 bits per heavy atom. The molecular weight excluding hydrogens is 575 g/mol. The SMILES string of the molecule is C[C@H]1CC[C@@H]2[C@@H](OC(=O)c3ccccc3)[C@H](OCc3ccccc3)[C@@H](CO[Si](c3ccccc3)(c3ccccc3)C(C)(C)C)N21. The first-order valence-corrected chi connectivity index (χ1v) is 18.1. The highest BCUT2D eigenvalue weighted by atomic mass is 28.4. The van der Waals surface area contributed by atoms with Crippen molar-refractivity contribution in [1.82, 2.24) is 4.90 Å². The molecule has 6 rings (SSSR count). The molecule has 0 amide bonds. The topological polar surface area (TPSA) is 48.0 Å². The number of ether oxygens (including phenoxy) is 2. The minimum atomic E-state index is -2.80. The van der Waals surface area contributed by atoms with Crippen LogP contribution in [0.4, 0.5) is 0 Å². The molecule has 6 heteroatoms. The zero-order chi connectivity index (χ0) is 31.4. The standard InChI is InChI=1S/C39H45NO4Si/c1-29-25-26-34-37(44-38(41)31-19-11-6-12-20-31)36(42-27-30-17-9-5-10-18-30)35(40(29)34)28-43-45(39(2,3)4,32-21-13-7-14-22-32)33-23-15-8-16-24-33/h5-24,29,34-37H,25-28H2,1-4H3/t29-,34+,35+,36+,37+/m0/s1. The molecule has 2 saturated heterocycles. The van der Waals surface area contributed by atoms with Gasteiger partial charge in [0.2, 0.25) is 0 Å². The highest BCUT2D eigenvalue weighted by Crippen LogP contribution is 2.43. The van der Waals surface area contributed by atoms with E-state index in [4.69, 9.17) is 13.9 Å². The molecule has 0 N–H and O–H groups in total. The van der Waals surface area contributed by atoms with Gasteiger partial charge in [0.1, 0.15) is 12.2 Å². The van der Waals surface area contributed by atoms with E-state index >= 15 is 0 Å². The molecule has 0 aliphatic carbocycles. The largest absolute Gasteiger partial charge is 0.454 e. The van der Waals surface area contributed by atoms with Gasteiger partial charge in [-0.25, -0.2) is 4.79 Å². The van der Waals surface area contributed by atoms with E-state index in [-0.39, 0.29) is 29.2 Å². The van der Waals surface area contributed by atoms with Gasteiger partial charge in [0.15, 0.2) is 0 Å². The van der Waals surface area contributed by atoms with Crippen molar-refractivity contribution in [3.8, 4) is 0 Å². The summed E-state index contributed by atoms with van der Waals surface area (Å²) in [6.45, 7) is 10.1. The van der Waals surface area contributed by atoms with Crippen molar-refractivity contribution in [2.75, 3.05) is 6.61 Å². The fourth-order valence-corrected chi connectivity index (χ4v) is 12.2. The maximum Gasteiger partial charge on any atom is 0.338 e. The van der Waals surface area contributed by atoms with Crippen molar-refractivity contribution in [2.45, 2.75) is 82.5 Å². The highest BCUT2D eigenvalue weighted by Gasteiger charge is 2.57. The summed E-state index contributed by atoms with van der Waals surface area (Å²) < 4.78 is 20.7. The molecule has 0 spiro atoms. The smallest absolute Gasteiger partial charge is 0.338 e. The van der Waals surface area contributed by atoms with Crippen LogP contribution in [0.1, 0.15) is 56.5 Å². The van der Waals surface area contributed by atoms with Crippen LogP contribution in [0.3, 0.4) is 0 Å². The number of carbonyl (C=O) groups is 1. The summed E-state index contributed by atoms with van der Waals surface area (Å²) in [5.41, 5.74) is 1.65. The first kappa shape index (κ1) is 31.4. The van der Waals surface area contributed by atoms with E-state index in [0.717, 1.165) is 18.4 Å². The third-order valence-electron chi connectivity index (χ3n) is 9.66. The summed E-state index contributed by atoms with van der Waals surface area (Å²) >= 11 is 0. The number of rotatable bonds is 10. The van der Waals surface area contributed by atoms with Gasteiger partial charge in [-0.2, -0.15) is 0 Å². The Kier molecular flexibility index (Phi) is 9.38. The monoisotopic (exact) mass is 619 g/mol.